The van der Waals surface area contributed by atoms with Crippen molar-refractivity contribution < 1.29 is 18.0 Å². The van der Waals surface area contributed by atoms with Crippen molar-refractivity contribution in [2.24, 2.45) is 5.92 Å². The molecule has 1 aromatic carbocycles. The van der Waals surface area contributed by atoms with E-state index >= 15 is 0 Å². The molecule has 2 rings (SSSR count). The zero-order chi connectivity index (χ0) is 13.2. The average molecular weight is 258 g/mol. The van der Waals surface area contributed by atoms with Crippen LogP contribution in [0.1, 0.15) is 11.1 Å². The third kappa shape index (κ3) is 2.81. The Morgan fingerprint density at radius 3 is 2.56 bits per heavy atom. The van der Waals surface area contributed by atoms with Gasteiger partial charge in [-0.15, -0.1) is 0 Å². The second-order valence-corrected chi connectivity index (χ2v) is 4.23. The largest absolute Gasteiger partial charge is 0.416 e. The number of benzene rings is 1. The molecule has 0 aromatic heterocycles. The second-order valence-electron chi connectivity index (χ2n) is 4.23. The van der Waals surface area contributed by atoms with Crippen LogP contribution in [0.5, 0.6) is 0 Å². The quantitative estimate of drug-likeness (QED) is 0.863. The van der Waals surface area contributed by atoms with E-state index in [0.717, 1.165) is 6.07 Å². The summed E-state index contributed by atoms with van der Waals surface area (Å²) in [4.78, 5) is 11.5. The Morgan fingerprint density at radius 1 is 1.33 bits per heavy atom. The van der Waals surface area contributed by atoms with Crippen LogP contribution < -0.4 is 10.6 Å². The third-order valence-corrected chi connectivity index (χ3v) is 2.93. The SMILES string of the molecule is O=C(NCc1ccccc1C(F)(F)F)C1CNC1. The second kappa shape index (κ2) is 4.97. The summed E-state index contributed by atoms with van der Waals surface area (Å²) in [6.45, 7) is 1.09. The van der Waals surface area contributed by atoms with Gasteiger partial charge in [0.1, 0.15) is 0 Å². The highest BCUT2D eigenvalue weighted by atomic mass is 19.4. The molecule has 0 spiro atoms. The number of carbonyl (C=O) groups excluding carboxylic acids is 1. The Morgan fingerprint density at radius 2 is 2.00 bits per heavy atom. The molecule has 0 bridgehead atoms. The minimum absolute atomic E-state index is 0.0885. The molecule has 0 aliphatic carbocycles. The number of halogens is 3. The van der Waals surface area contributed by atoms with Gasteiger partial charge in [-0.25, -0.2) is 0 Å². The molecule has 98 valence electrons. The maximum absolute atomic E-state index is 12.7. The number of amides is 1. The zero-order valence-corrected chi connectivity index (χ0v) is 9.55. The Kier molecular flexibility index (Phi) is 3.56. The highest BCUT2D eigenvalue weighted by molar-refractivity contribution is 5.80. The molecular formula is C12H13F3N2O. The van der Waals surface area contributed by atoms with Gasteiger partial charge < -0.3 is 10.6 Å². The van der Waals surface area contributed by atoms with Crippen molar-refractivity contribution in [2.75, 3.05) is 13.1 Å². The van der Waals surface area contributed by atoms with Crippen LogP contribution in [0.4, 0.5) is 13.2 Å². The molecule has 18 heavy (non-hydrogen) atoms. The van der Waals surface area contributed by atoms with E-state index in [1.54, 1.807) is 0 Å². The third-order valence-electron chi connectivity index (χ3n) is 2.93. The lowest BCUT2D eigenvalue weighted by Crippen LogP contribution is -2.50. The van der Waals surface area contributed by atoms with Crippen LogP contribution in [0.15, 0.2) is 24.3 Å². The predicted octanol–water partition coefficient (Wildman–Crippen LogP) is 1.54. The van der Waals surface area contributed by atoms with Crippen LogP contribution in [0.25, 0.3) is 0 Å². The Bertz CT molecular complexity index is 441. The monoisotopic (exact) mass is 258 g/mol. The summed E-state index contributed by atoms with van der Waals surface area (Å²) in [7, 11) is 0. The fraction of sp³-hybridized carbons (Fsp3) is 0.417. The predicted molar refractivity (Wildman–Crippen MR) is 59.7 cm³/mol. The lowest BCUT2D eigenvalue weighted by molar-refractivity contribution is -0.138. The molecule has 2 N–H and O–H groups in total. The molecule has 0 atom stereocenters. The molecule has 1 aliphatic rings. The smallest absolute Gasteiger partial charge is 0.352 e. The van der Waals surface area contributed by atoms with Crippen LogP contribution in [0.3, 0.4) is 0 Å². The molecule has 0 saturated carbocycles. The van der Waals surface area contributed by atoms with Crippen LogP contribution in [0.2, 0.25) is 0 Å². The van der Waals surface area contributed by atoms with E-state index in [0.29, 0.717) is 13.1 Å². The first-order chi connectivity index (χ1) is 8.48. The first-order valence-electron chi connectivity index (χ1n) is 5.62. The van der Waals surface area contributed by atoms with Gasteiger partial charge in [-0.1, -0.05) is 18.2 Å². The van der Waals surface area contributed by atoms with Crippen LogP contribution in [0, 0.1) is 5.92 Å². The summed E-state index contributed by atoms with van der Waals surface area (Å²) in [5.41, 5.74) is -0.609. The molecule has 0 radical (unpaired) electrons. The van der Waals surface area contributed by atoms with E-state index in [4.69, 9.17) is 0 Å². The molecule has 1 saturated heterocycles. The summed E-state index contributed by atoms with van der Waals surface area (Å²) < 4.78 is 38.1. The molecule has 0 unspecified atom stereocenters. The number of carbonyl (C=O) groups is 1. The van der Waals surface area contributed by atoms with E-state index in [-0.39, 0.29) is 23.9 Å². The van der Waals surface area contributed by atoms with Gasteiger partial charge in [-0.2, -0.15) is 13.2 Å². The number of hydrogen-bond acceptors (Lipinski definition) is 2. The summed E-state index contributed by atoms with van der Waals surface area (Å²) in [5.74, 6) is -0.325. The summed E-state index contributed by atoms with van der Waals surface area (Å²) in [6.07, 6.45) is -4.39. The van der Waals surface area contributed by atoms with Gasteiger partial charge in [0.05, 0.1) is 11.5 Å². The van der Waals surface area contributed by atoms with E-state index < -0.39 is 11.7 Å². The van der Waals surface area contributed by atoms with E-state index in [2.05, 4.69) is 10.6 Å². The summed E-state index contributed by atoms with van der Waals surface area (Å²) in [5, 5.41) is 5.47. The van der Waals surface area contributed by atoms with Crippen LogP contribution >= 0.6 is 0 Å². The van der Waals surface area contributed by atoms with E-state index in [9.17, 15) is 18.0 Å². The van der Waals surface area contributed by atoms with Crippen molar-refractivity contribution in [3.05, 3.63) is 35.4 Å². The van der Waals surface area contributed by atoms with Crippen molar-refractivity contribution in [1.29, 1.82) is 0 Å². The fourth-order valence-corrected chi connectivity index (χ4v) is 1.75. The van der Waals surface area contributed by atoms with Crippen molar-refractivity contribution in [2.45, 2.75) is 12.7 Å². The first-order valence-corrected chi connectivity index (χ1v) is 5.62. The Balaban J connectivity index is 2.02. The normalized spacial score (nSPS) is 16.2. The minimum atomic E-state index is -4.39. The average Bonchev–Trinajstić information content (AvgIpc) is 2.23. The lowest BCUT2D eigenvalue weighted by atomic mass is 10.0. The molecule has 1 aliphatic heterocycles. The van der Waals surface area contributed by atoms with Gasteiger partial charge in [-0.05, 0) is 11.6 Å². The summed E-state index contributed by atoms with van der Waals surface area (Å²) in [6, 6.07) is 5.26. The zero-order valence-electron chi connectivity index (χ0n) is 9.55. The van der Waals surface area contributed by atoms with E-state index in [1.165, 1.54) is 18.2 Å². The van der Waals surface area contributed by atoms with Crippen LogP contribution in [-0.2, 0) is 17.5 Å². The van der Waals surface area contributed by atoms with Crippen LogP contribution in [-0.4, -0.2) is 19.0 Å². The Hall–Kier alpha value is -1.56. The molecule has 1 amide bonds. The molecule has 1 aromatic rings. The maximum atomic E-state index is 12.7. The van der Waals surface area contributed by atoms with Gasteiger partial charge in [0.25, 0.3) is 0 Å². The molecule has 1 fully saturated rings. The first kappa shape index (κ1) is 12.9. The van der Waals surface area contributed by atoms with E-state index in [1.807, 2.05) is 0 Å². The van der Waals surface area contributed by atoms with Gasteiger partial charge in [-0.3, -0.25) is 4.79 Å². The minimum Gasteiger partial charge on any atom is -0.352 e. The van der Waals surface area contributed by atoms with Crippen molar-refractivity contribution in [3.63, 3.8) is 0 Å². The summed E-state index contributed by atoms with van der Waals surface area (Å²) >= 11 is 0. The van der Waals surface area contributed by atoms with Gasteiger partial charge in [0.15, 0.2) is 0 Å². The molecule has 3 nitrogen and oxygen atoms in total. The number of hydrogen-bond donors (Lipinski definition) is 2. The highest BCUT2D eigenvalue weighted by Crippen LogP contribution is 2.31. The highest BCUT2D eigenvalue weighted by Gasteiger charge is 2.33. The van der Waals surface area contributed by atoms with Crippen molar-refractivity contribution in [3.8, 4) is 0 Å². The Labute approximate surface area is 102 Å². The maximum Gasteiger partial charge on any atom is 0.416 e. The van der Waals surface area contributed by atoms with Crippen molar-refractivity contribution in [1.82, 2.24) is 10.6 Å². The van der Waals surface area contributed by atoms with Gasteiger partial charge in [0, 0.05) is 19.6 Å². The molecule has 1 heterocycles. The van der Waals surface area contributed by atoms with Crippen molar-refractivity contribution >= 4 is 5.91 Å². The lowest BCUT2D eigenvalue weighted by Gasteiger charge is -2.26. The number of nitrogens with one attached hydrogen (secondary N) is 2. The fourth-order valence-electron chi connectivity index (χ4n) is 1.75. The topological polar surface area (TPSA) is 41.1 Å². The molecule has 6 heteroatoms. The molecular weight excluding hydrogens is 245 g/mol. The number of rotatable bonds is 3. The van der Waals surface area contributed by atoms with Gasteiger partial charge >= 0.3 is 6.18 Å². The van der Waals surface area contributed by atoms with Gasteiger partial charge in [0.2, 0.25) is 5.91 Å². The standard InChI is InChI=1S/C12H13F3N2O/c13-12(14,15)10-4-2-1-3-8(10)7-17-11(18)9-5-16-6-9/h1-4,9,16H,5-7H2,(H,17,18). The number of alkyl halides is 3.